The Labute approximate surface area is 94.6 Å². The van der Waals surface area contributed by atoms with Crippen LogP contribution in [0.25, 0.3) is 0 Å². The minimum atomic E-state index is -0.451. The molecule has 1 heterocycles. The zero-order chi connectivity index (χ0) is 12.0. The number of carbonyl (C=O) groups is 1. The van der Waals surface area contributed by atoms with Crippen molar-refractivity contribution in [3.05, 3.63) is 29.6 Å². The van der Waals surface area contributed by atoms with E-state index in [2.05, 4.69) is 4.98 Å². The van der Waals surface area contributed by atoms with Gasteiger partial charge in [0.05, 0.1) is 6.61 Å². The molecule has 0 amide bonds. The van der Waals surface area contributed by atoms with Crippen molar-refractivity contribution >= 4 is 5.97 Å². The first-order valence-electron chi connectivity index (χ1n) is 5.02. The van der Waals surface area contributed by atoms with Crippen molar-refractivity contribution < 1.29 is 14.3 Å². The zero-order valence-electron chi connectivity index (χ0n) is 9.47. The molecule has 0 aromatic carbocycles. The van der Waals surface area contributed by atoms with Crippen LogP contribution >= 0.6 is 0 Å². The normalized spacial score (nSPS) is 12.2. The van der Waals surface area contributed by atoms with E-state index < -0.39 is 5.97 Å². The average molecular weight is 224 g/mol. The molecular formula is C11H16N2O3. The molecule has 1 rings (SSSR count). The maximum Gasteiger partial charge on any atom is 0.357 e. The third kappa shape index (κ3) is 3.60. The molecule has 0 saturated heterocycles. The van der Waals surface area contributed by atoms with Gasteiger partial charge in [-0.2, -0.15) is 0 Å². The van der Waals surface area contributed by atoms with Crippen molar-refractivity contribution in [3.63, 3.8) is 0 Å². The summed E-state index contributed by atoms with van der Waals surface area (Å²) in [6, 6.07) is 3.36. The monoisotopic (exact) mass is 224 g/mol. The first-order valence-corrected chi connectivity index (χ1v) is 5.02. The molecule has 1 aromatic heterocycles. The highest BCUT2D eigenvalue weighted by atomic mass is 16.6. The molecule has 1 aromatic rings. The van der Waals surface area contributed by atoms with E-state index in [-0.39, 0.29) is 11.8 Å². The highest BCUT2D eigenvalue weighted by molar-refractivity contribution is 5.87. The van der Waals surface area contributed by atoms with E-state index in [0.29, 0.717) is 13.2 Å². The molecule has 0 aliphatic heterocycles. The standard InChI is InChI=1S/C11H16N2O3/c1-8(7-15-2)16-11(14)10-4-3-9(5-12)6-13-10/h3-4,6,8H,5,7,12H2,1-2H3. The van der Waals surface area contributed by atoms with E-state index in [4.69, 9.17) is 15.2 Å². The van der Waals surface area contributed by atoms with Gasteiger partial charge in [0.1, 0.15) is 11.8 Å². The van der Waals surface area contributed by atoms with E-state index in [1.54, 1.807) is 32.4 Å². The Morgan fingerprint density at radius 1 is 1.56 bits per heavy atom. The second-order valence-electron chi connectivity index (χ2n) is 3.43. The van der Waals surface area contributed by atoms with E-state index in [1.807, 2.05) is 0 Å². The number of esters is 1. The summed E-state index contributed by atoms with van der Waals surface area (Å²) in [5.41, 5.74) is 6.58. The SMILES string of the molecule is COCC(C)OC(=O)c1ccc(CN)cn1. The van der Waals surface area contributed by atoms with Crippen LogP contribution in [0.2, 0.25) is 0 Å². The van der Waals surface area contributed by atoms with Crippen LogP contribution in [0.15, 0.2) is 18.3 Å². The minimum Gasteiger partial charge on any atom is -0.455 e. The second kappa shape index (κ2) is 6.19. The van der Waals surface area contributed by atoms with Crippen LogP contribution in [0.3, 0.4) is 0 Å². The van der Waals surface area contributed by atoms with Gasteiger partial charge in [0.2, 0.25) is 0 Å². The van der Waals surface area contributed by atoms with Crippen LogP contribution in [0.4, 0.5) is 0 Å². The fraction of sp³-hybridized carbons (Fsp3) is 0.455. The number of hydrogen-bond donors (Lipinski definition) is 1. The van der Waals surface area contributed by atoms with Gasteiger partial charge in [0.15, 0.2) is 0 Å². The Morgan fingerprint density at radius 3 is 2.81 bits per heavy atom. The molecule has 0 fully saturated rings. The van der Waals surface area contributed by atoms with Crippen LogP contribution in [0.5, 0.6) is 0 Å². The Bertz CT molecular complexity index is 338. The Morgan fingerprint density at radius 2 is 2.31 bits per heavy atom. The zero-order valence-corrected chi connectivity index (χ0v) is 9.47. The molecule has 16 heavy (non-hydrogen) atoms. The molecular weight excluding hydrogens is 208 g/mol. The van der Waals surface area contributed by atoms with Crippen molar-refractivity contribution in [3.8, 4) is 0 Å². The van der Waals surface area contributed by atoms with Crippen molar-refractivity contribution in [2.24, 2.45) is 5.73 Å². The molecule has 2 N–H and O–H groups in total. The van der Waals surface area contributed by atoms with Gasteiger partial charge in [-0.3, -0.25) is 0 Å². The molecule has 88 valence electrons. The summed E-state index contributed by atoms with van der Waals surface area (Å²) in [4.78, 5) is 15.5. The molecule has 5 heteroatoms. The topological polar surface area (TPSA) is 74.4 Å². The number of carbonyl (C=O) groups excluding carboxylic acids is 1. The lowest BCUT2D eigenvalue weighted by atomic mass is 10.2. The smallest absolute Gasteiger partial charge is 0.357 e. The molecule has 0 aliphatic carbocycles. The highest BCUT2D eigenvalue weighted by Crippen LogP contribution is 2.03. The molecule has 1 unspecified atom stereocenters. The lowest BCUT2D eigenvalue weighted by Crippen LogP contribution is -2.20. The number of pyridine rings is 1. The van der Waals surface area contributed by atoms with E-state index >= 15 is 0 Å². The van der Waals surface area contributed by atoms with E-state index in [1.165, 1.54) is 0 Å². The van der Waals surface area contributed by atoms with Gasteiger partial charge in [-0.1, -0.05) is 6.07 Å². The van der Waals surface area contributed by atoms with Crippen molar-refractivity contribution in [2.75, 3.05) is 13.7 Å². The molecule has 5 nitrogen and oxygen atoms in total. The number of rotatable bonds is 5. The molecule has 1 atom stereocenters. The third-order valence-electron chi connectivity index (χ3n) is 1.98. The number of nitrogens with zero attached hydrogens (tertiary/aromatic N) is 1. The number of ether oxygens (including phenoxy) is 2. The lowest BCUT2D eigenvalue weighted by molar-refractivity contribution is 0.0114. The van der Waals surface area contributed by atoms with Crippen molar-refractivity contribution in [1.29, 1.82) is 0 Å². The highest BCUT2D eigenvalue weighted by Gasteiger charge is 2.12. The summed E-state index contributed by atoms with van der Waals surface area (Å²) >= 11 is 0. The van der Waals surface area contributed by atoms with Gasteiger partial charge < -0.3 is 15.2 Å². The predicted molar refractivity (Wildman–Crippen MR) is 58.9 cm³/mol. The minimum absolute atomic E-state index is 0.278. The van der Waals surface area contributed by atoms with Crippen LogP contribution < -0.4 is 5.73 Å². The van der Waals surface area contributed by atoms with Gasteiger partial charge in [0, 0.05) is 19.9 Å². The molecule has 0 aliphatic rings. The molecule has 0 radical (unpaired) electrons. The Balaban J connectivity index is 2.59. The Kier molecular flexibility index (Phi) is 4.88. The molecule has 0 spiro atoms. The van der Waals surface area contributed by atoms with Gasteiger partial charge >= 0.3 is 5.97 Å². The summed E-state index contributed by atoms with van der Waals surface area (Å²) in [6.07, 6.45) is 1.28. The predicted octanol–water partition coefficient (Wildman–Crippen LogP) is 0.732. The van der Waals surface area contributed by atoms with E-state index in [9.17, 15) is 4.79 Å². The number of nitrogens with two attached hydrogens (primary N) is 1. The van der Waals surface area contributed by atoms with E-state index in [0.717, 1.165) is 5.56 Å². The summed E-state index contributed by atoms with van der Waals surface area (Å²) in [5, 5.41) is 0. The van der Waals surface area contributed by atoms with Crippen LogP contribution in [0.1, 0.15) is 23.0 Å². The maximum atomic E-state index is 11.6. The maximum absolute atomic E-state index is 11.6. The van der Waals surface area contributed by atoms with Gasteiger partial charge in [0.25, 0.3) is 0 Å². The van der Waals surface area contributed by atoms with Crippen molar-refractivity contribution in [1.82, 2.24) is 4.98 Å². The summed E-state index contributed by atoms with van der Waals surface area (Å²) in [5.74, 6) is -0.451. The number of hydrogen-bond acceptors (Lipinski definition) is 5. The lowest BCUT2D eigenvalue weighted by Gasteiger charge is -2.11. The van der Waals surface area contributed by atoms with Crippen LogP contribution in [-0.4, -0.2) is 30.8 Å². The number of methoxy groups -OCH3 is 1. The third-order valence-corrected chi connectivity index (χ3v) is 1.98. The first kappa shape index (κ1) is 12.6. The van der Waals surface area contributed by atoms with Gasteiger partial charge in [-0.05, 0) is 18.6 Å². The fourth-order valence-corrected chi connectivity index (χ4v) is 1.18. The first-order chi connectivity index (χ1) is 7.67. The second-order valence-corrected chi connectivity index (χ2v) is 3.43. The van der Waals surface area contributed by atoms with Crippen LogP contribution in [0, 0.1) is 0 Å². The largest absolute Gasteiger partial charge is 0.455 e. The quantitative estimate of drug-likeness (QED) is 0.746. The molecule has 0 bridgehead atoms. The summed E-state index contributed by atoms with van der Waals surface area (Å²) in [6.45, 7) is 2.53. The van der Waals surface area contributed by atoms with Gasteiger partial charge in [-0.15, -0.1) is 0 Å². The number of aromatic nitrogens is 1. The fourth-order valence-electron chi connectivity index (χ4n) is 1.18. The average Bonchev–Trinajstić information content (AvgIpc) is 2.29. The Hall–Kier alpha value is -1.46. The summed E-state index contributed by atoms with van der Waals surface area (Å²) in [7, 11) is 1.55. The van der Waals surface area contributed by atoms with Crippen LogP contribution in [-0.2, 0) is 16.0 Å². The van der Waals surface area contributed by atoms with Gasteiger partial charge in [-0.25, -0.2) is 9.78 Å². The summed E-state index contributed by atoms with van der Waals surface area (Å²) < 4.78 is 9.96. The molecule has 0 saturated carbocycles. The van der Waals surface area contributed by atoms with Crippen molar-refractivity contribution in [2.45, 2.75) is 19.6 Å².